The molecule has 0 aliphatic rings. The molecule has 0 bridgehead atoms. The molecule has 21 aromatic rings. The van der Waals surface area contributed by atoms with Gasteiger partial charge in [-0.25, -0.2) is 35.3 Å². The maximum absolute atomic E-state index is 14.3. The Kier molecular flexibility index (Phi) is 21.8. The van der Waals surface area contributed by atoms with Gasteiger partial charge >= 0.3 is 40.2 Å². The van der Waals surface area contributed by atoms with Crippen LogP contribution >= 0.6 is 0 Å². The summed E-state index contributed by atoms with van der Waals surface area (Å²) in [6.45, 7) is -10.3. The van der Waals surface area contributed by atoms with Gasteiger partial charge in [0.1, 0.15) is 23.3 Å². The molecule has 0 aliphatic carbocycles. The number of pyridine rings is 4. The van der Waals surface area contributed by atoms with Gasteiger partial charge in [0.05, 0.1) is 0 Å². The Balaban J connectivity index is 0.00000689. The number of hydrogen-bond donors (Lipinski definition) is 0. The zero-order valence-corrected chi connectivity index (χ0v) is 76.8. The predicted molar refractivity (Wildman–Crippen MR) is 534 cm³/mol. The number of benzene rings is 16. The number of nitrogens with zero attached hydrogens (tertiary/aromatic N) is 6. The van der Waals surface area contributed by atoms with Gasteiger partial charge in [-0.3, -0.25) is 12.1 Å². The van der Waals surface area contributed by atoms with Crippen LogP contribution < -0.4 is 0 Å². The molecule has 0 saturated heterocycles. The molecule has 5 aromatic heterocycles. The third kappa shape index (κ3) is 18.5. The fourth-order valence-corrected chi connectivity index (χ4v) is 17.4. The second kappa shape index (κ2) is 39.2. The molecule has 0 unspecified atom stereocenters. The molecule has 5 heterocycles. The van der Waals surface area contributed by atoms with Crippen LogP contribution in [-0.4, -0.2) is 29.9 Å². The van der Waals surface area contributed by atoms with E-state index in [1.165, 1.54) is 122 Å². The van der Waals surface area contributed by atoms with Crippen LogP contribution in [0.25, 0.3) is 223 Å². The van der Waals surface area contributed by atoms with E-state index in [0.29, 0.717) is 101 Å². The third-order valence-corrected chi connectivity index (χ3v) is 24.2. The van der Waals surface area contributed by atoms with E-state index in [4.69, 9.17) is 36.4 Å². The minimum absolute atomic E-state index is 0. The normalized spacial score (nSPS) is 12.8. The maximum atomic E-state index is 14.3. The van der Waals surface area contributed by atoms with Gasteiger partial charge in [-0.1, -0.05) is 238 Å². The molecule has 0 N–H and O–H groups in total. The molecule has 0 atom stereocenters. The van der Waals surface area contributed by atoms with Gasteiger partial charge < -0.3 is 29.9 Å². The first kappa shape index (κ1) is 75.7. The zero-order valence-electron chi connectivity index (χ0n) is 84.0. The number of aryl methyl sites for hydroxylation is 4. The molecule has 0 aliphatic heterocycles. The quantitative estimate of drug-likeness (QED) is 0.0559. The van der Waals surface area contributed by atoms with E-state index in [-0.39, 0.29) is 62.5 Å². The topological polar surface area (TPSA) is 77.3 Å². The Labute approximate surface area is 832 Å². The minimum Gasteiger partial charge on any atom is -0.333 e. The molecule has 650 valence electrons. The summed E-state index contributed by atoms with van der Waals surface area (Å²) in [7, 11) is 0. The Morgan fingerprint density at radius 3 is 0.676 bits per heavy atom. The van der Waals surface area contributed by atoms with Crippen molar-refractivity contribution >= 4 is 0 Å². The maximum Gasteiger partial charge on any atom is 3.00 e. The monoisotopic (exact) mass is 2120 g/mol. The van der Waals surface area contributed by atoms with Crippen LogP contribution in [0.5, 0.6) is 0 Å². The van der Waals surface area contributed by atoms with Crippen LogP contribution in [0.2, 0.25) is 0 Å². The van der Waals surface area contributed by atoms with E-state index >= 15 is 0 Å². The van der Waals surface area contributed by atoms with Gasteiger partial charge in [0.25, 0.3) is 0 Å². The molecule has 21 rings (SSSR count). The van der Waals surface area contributed by atoms with Crippen LogP contribution in [0.3, 0.4) is 0 Å². The number of aromatic nitrogens is 6. The molecule has 136 heavy (non-hydrogen) atoms. The molecular formula is C124H78F4Ir2N6. The summed E-state index contributed by atoms with van der Waals surface area (Å²) in [5, 5.41) is 0. The van der Waals surface area contributed by atoms with Crippen molar-refractivity contribution in [3.8, 4) is 223 Å². The average molecular weight is 2120 g/mol. The summed E-state index contributed by atoms with van der Waals surface area (Å²) < 4.78 is 161. The second-order valence-electron chi connectivity index (χ2n) is 32.4. The molecule has 0 spiro atoms. The van der Waals surface area contributed by atoms with Crippen molar-refractivity contribution < 1.29 is 74.2 Å². The summed E-state index contributed by atoms with van der Waals surface area (Å²) in [5.74, 6) is -1.43. The summed E-state index contributed by atoms with van der Waals surface area (Å²) in [6, 6.07) is 130. The van der Waals surface area contributed by atoms with E-state index in [9.17, 15) is 17.6 Å². The molecule has 6 nitrogen and oxygen atoms in total. The predicted octanol–water partition coefficient (Wildman–Crippen LogP) is 32.0. The SMILES string of the molecule is [2H]C([2H])([2H])c1cc(-c2[c-]cc(-c3ccccc3-c3cc(-c4ccccc4-c4c[c-]c(-c5cc(C([2H])([2H])[2H])c(-c6ccc(F)cc6)cn5)cc4)cc(-c4cccc(-c5cc(-c6ccccc6-c6c[c-]c(-c7cc(C([2H])([2H])[2H])c(-c8ccc(F)cc8)cn7)cc6)cc(-c6ccccc6-c6c[c-]c(-c7cc(C([2H])([2H])[2H])c(-c8ccc(F)cc8)cn7)cc6)c5)c4-c4c[c-]c(-c5ncccn5)[c-]c4)c3)cc2)ncc1-c1ccc(F)cc1.[Ir+3].[Ir+3]. The summed E-state index contributed by atoms with van der Waals surface area (Å²) >= 11 is 0. The Morgan fingerprint density at radius 2 is 0.434 bits per heavy atom. The van der Waals surface area contributed by atoms with Crippen LogP contribution in [0.1, 0.15) is 38.7 Å². The van der Waals surface area contributed by atoms with Gasteiger partial charge in [-0.2, -0.15) is 5.56 Å². The van der Waals surface area contributed by atoms with Crippen molar-refractivity contribution in [2.45, 2.75) is 27.4 Å². The standard InChI is InChI=1S/C124H78F4N6.2Ir/c1-77-63-119(131-73-115(77)85-45-53-101(125)54-46-85)89-33-25-81(26-34-89)105-15-5-9-19-109(105)95-67-96(110-20-10-6-16-106(110)82-27-35-90(36-28-82)120-64-78(2)116(74-132-120)86-47-55-102(126)56-48-86)70-99(69-95)113-23-13-24-114(123(113)93-41-43-94(44-42-93)124-129-61-14-62-130-124)100-71-97(111-21-11-7-17-107(111)83-29-37-91(38-30-83)121-65-79(3)117(75-133-121)87-49-57-103(127)58-50-87)68-98(72-100)112-22-12-8-18-108(112)84-31-39-92(40-32-84)122-66-80(4)118(76-134-122)88-51-59-104(128)60-52-88;;/h5-33,35,37,39,41-42,45-76H,1-4H3;;/q-6;2*+3/i1D3,2D3,3D3,4D3;;. The smallest absolute Gasteiger partial charge is 0.333 e. The third-order valence-electron chi connectivity index (χ3n) is 24.2. The first-order chi connectivity index (χ1) is 70.5. The zero-order chi connectivity index (χ0) is 101. The number of hydrogen-bond acceptors (Lipinski definition) is 6. The first-order valence-electron chi connectivity index (χ1n) is 49.2. The molecule has 16 aromatic carbocycles. The molecule has 0 saturated carbocycles. The number of rotatable bonds is 20. The molecule has 0 amide bonds. The summed E-state index contributed by atoms with van der Waals surface area (Å²) in [4.78, 5) is 28.3. The van der Waals surface area contributed by atoms with Crippen LogP contribution in [0, 0.1) is 87.1 Å². The Bertz CT molecular complexity index is 7640. The van der Waals surface area contributed by atoms with Gasteiger partial charge in [-0.15, -0.1) is 119 Å². The molecular weight excluding hydrogens is 2030 g/mol. The van der Waals surface area contributed by atoms with E-state index in [1.807, 2.05) is 158 Å². The van der Waals surface area contributed by atoms with E-state index in [2.05, 4.69) is 125 Å². The number of halogens is 4. The van der Waals surface area contributed by atoms with E-state index in [1.54, 1.807) is 42.7 Å². The van der Waals surface area contributed by atoms with E-state index < -0.39 is 50.7 Å². The molecule has 12 heteroatoms. The molecule has 0 radical (unpaired) electrons. The fraction of sp³-hybridized carbons (Fsp3) is 0.0323. The fourth-order valence-electron chi connectivity index (χ4n) is 17.4. The minimum atomic E-state index is -2.56. The van der Waals surface area contributed by atoms with Gasteiger partial charge in [-0.05, 0) is 258 Å². The van der Waals surface area contributed by atoms with Crippen LogP contribution in [0.4, 0.5) is 17.6 Å². The Hall–Kier alpha value is -15.8. The average Bonchev–Trinajstić information content (AvgIpc) is 0.745. The van der Waals surface area contributed by atoms with Gasteiger partial charge in [0, 0.05) is 75.9 Å². The van der Waals surface area contributed by atoms with Crippen LogP contribution in [0.15, 0.2) is 401 Å². The van der Waals surface area contributed by atoms with Gasteiger partial charge in [0.15, 0.2) is 0 Å². The van der Waals surface area contributed by atoms with Crippen molar-refractivity contribution in [1.82, 2.24) is 29.9 Å². The Morgan fingerprint density at radius 1 is 0.206 bits per heavy atom. The summed E-state index contributed by atoms with van der Waals surface area (Å²) in [6.07, 6.45) is 9.35. The van der Waals surface area contributed by atoms with Gasteiger partial charge in [0.2, 0.25) is 0 Å². The van der Waals surface area contributed by atoms with Crippen molar-refractivity contribution in [1.29, 1.82) is 0 Å². The molecule has 0 fully saturated rings. The van der Waals surface area contributed by atoms with Crippen molar-refractivity contribution in [3.63, 3.8) is 0 Å². The van der Waals surface area contributed by atoms with Crippen LogP contribution in [-0.2, 0) is 40.2 Å². The second-order valence-corrected chi connectivity index (χ2v) is 32.4. The van der Waals surface area contributed by atoms with Crippen molar-refractivity contribution in [2.24, 2.45) is 0 Å². The first-order valence-corrected chi connectivity index (χ1v) is 43.2. The largest absolute Gasteiger partial charge is 3.00 e. The van der Waals surface area contributed by atoms with Crippen molar-refractivity contribution in [3.05, 3.63) is 483 Å². The summed E-state index contributed by atoms with van der Waals surface area (Å²) in [5.41, 5.74) is 25.4. The van der Waals surface area contributed by atoms with E-state index in [0.717, 1.165) is 122 Å². The van der Waals surface area contributed by atoms with Crippen molar-refractivity contribution in [2.75, 3.05) is 0 Å².